The van der Waals surface area contributed by atoms with Crippen LogP contribution >= 0.6 is 0 Å². The van der Waals surface area contributed by atoms with Gasteiger partial charge in [0.15, 0.2) is 0 Å². The van der Waals surface area contributed by atoms with Gasteiger partial charge in [-0.1, -0.05) is 12.1 Å². The first-order valence-corrected chi connectivity index (χ1v) is 5.63. The second-order valence-electron chi connectivity index (χ2n) is 4.03. The summed E-state index contributed by atoms with van der Waals surface area (Å²) in [6, 6.07) is 7.05. The number of aliphatic hydroxyl groups excluding tert-OH is 1. The number of aliphatic hydroxyl groups is 1. The van der Waals surface area contributed by atoms with E-state index in [1.165, 1.54) is 18.2 Å². The number of furan rings is 1. The zero-order valence-electron chi connectivity index (χ0n) is 10.3. The van der Waals surface area contributed by atoms with Gasteiger partial charge in [-0.15, -0.1) is 13.2 Å². The first-order valence-electron chi connectivity index (χ1n) is 5.63. The van der Waals surface area contributed by atoms with Gasteiger partial charge in [0, 0.05) is 0 Å². The van der Waals surface area contributed by atoms with E-state index < -0.39 is 24.2 Å². The third-order valence-corrected chi connectivity index (χ3v) is 2.51. The van der Waals surface area contributed by atoms with Gasteiger partial charge in [-0.25, -0.2) is 4.79 Å². The Balaban J connectivity index is 2.24. The Hall–Kier alpha value is -2.48. The summed E-state index contributed by atoms with van der Waals surface area (Å²) < 4.78 is 45.0. The number of carbonyl (C=O) groups is 1. The summed E-state index contributed by atoms with van der Waals surface area (Å²) in [5.41, 5.74) is 0.0723. The van der Waals surface area contributed by atoms with E-state index in [9.17, 15) is 23.1 Å². The highest BCUT2D eigenvalue weighted by Gasteiger charge is 2.31. The molecule has 21 heavy (non-hydrogen) atoms. The molecule has 0 saturated carbocycles. The molecule has 112 valence electrons. The van der Waals surface area contributed by atoms with E-state index in [1.54, 1.807) is 0 Å². The first-order chi connectivity index (χ1) is 9.76. The normalized spacial score (nSPS) is 13.0. The van der Waals surface area contributed by atoms with E-state index in [-0.39, 0.29) is 17.1 Å². The average Bonchev–Trinajstić information content (AvgIpc) is 2.85. The monoisotopic (exact) mass is 302 g/mol. The Morgan fingerprint density at radius 1 is 1.24 bits per heavy atom. The minimum Gasteiger partial charge on any atom is -0.475 e. The van der Waals surface area contributed by atoms with E-state index in [2.05, 4.69) is 4.74 Å². The van der Waals surface area contributed by atoms with E-state index >= 15 is 0 Å². The number of rotatable bonds is 4. The number of halogens is 3. The van der Waals surface area contributed by atoms with Gasteiger partial charge in [0.05, 0.1) is 0 Å². The zero-order chi connectivity index (χ0) is 15.6. The van der Waals surface area contributed by atoms with E-state index in [0.29, 0.717) is 0 Å². The zero-order valence-corrected chi connectivity index (χ0v) is 10.3. The largest absolute Gasteiger partial charge is 0.573 e. The lowest BCUT2D eigenvalue weighted by Crippen LogP contribution is -2.17. The number of aromatic carboxylic acids is 1. The molecule has 1 heterocycles. The second kappa shape index (κ2) is 5.49. The van der Waals surface area contributed by atoms with Gasteiger partial charge in [0.2, 0.25) is 5.76 Å². The molecule has 1 atom stereocenters. The smallest absolute Gasteiger partial charge is 0.475 e. The van der Waals surface area contributed by atoms with E-state index in [4.69, 9.17) is 9.52 Å². The number of carboxylic acids is 1. The molecule has 1 unspecified atom stereocenters. The van der Waals surface area contributed by atoms with Gasteiger partial charge in [0.1, 0.15) is 17.6 Å². The van der Waals surface area contributed by atoms with Crippen LogP contribution in [0.25, 0.3) is 0 Å². The fraction of sp³-hybridized carbons (Fsp3) is 0.154. The van der Waals surface area contributed by atoms with Crippen LogP contribution in [0, 0.1) is 0 Å². The van der Waals surface area contributed by atoms with Crippen molar-refractivity contribution in [3.05, 3.63) is 53.5 Å². The molecule has 0 aliphatic carbocycles. The van der Waals surface area contributed by atoms with Gasteiger partial charge < -0.3 is 19.4 Å². The van der Waals surface area contributed by atoms with Crippen LogP contribution in [0.4, 0.5) is 13.2 Å². The quantitative estimate of drug-likeness (QED) is 0.907. The summed E-state index contributed by atoms with van der Waals surface area (Å²) in [5.74, 6) is -2.30. The highest BCUT2D eigenvalue weighted by Crippen LogP contribution is 2.29. The van der Waals surface area contributed by atoms with Crippen LogP contribution in [0.15, 0.2) is 40.8 Å². The lowest BCUT2D eigenvalue weighted by molar-refractivity contribution is -0.274. The van der Waals surface area contributed by atoms with E-state index in [1.807, 2.05) is 0 Å². The molecule has 0 saturated heterocycles. The van der Waals surface area contributed by atoms with Crippen LogP contribution in [-0.2, 0) is 0 Å². The summed E-state index contributed by atoms with van der Waals surface area (Å²) in [5, 5.41) is 18.7. The van der Waals surface area contributed by atoms with Crippen molar-refractivity contribution in [2.75, 3.05) is 0 Å². The van der Waals surface area contributed by atoms with Crippen molar-refractivity contribution in [3.63, 3.8) is 0 Å². The second-order valence-corrected chi connectivity index (χ2v) is 4.03. The summed E-state index contributed by atoms with van der Waals surface area (Å²) >= 11 is 0. The summed E-state index contributed by atoms with van der Waals surface area (Å²) in [6.07, 6.45) is -6.25. The third kappa shape index (κ3) is 3.76. The molecule has 0 radical (unpaired) electrons. The van der Waals surface area contributed by atoms with Crippen LogP contribution in [-0.4, -0.2) is 22.5 Å². The molecule has 0 aliphatic rings. The van der Waals surface area contributed by atoms with E-state index in [0.717, 1.165) is 18.2 Å². The minimum atomic E-state index is -4.84. The summed E-state index contributed by atoms with van der Waals surface area (Å²) in [6.45, 7) is 0. The van der Waals surface area contributed by atoms with Crippen molar-refractivity contribution in [1.82, 2.24) is 0 Å². The van der Waals surface area contributed by atoms with Crippen LogP contribution < -0.4 is 4.74 Å². The lowest BCUT2D eigenvalue weighted by atomic mass is 10.1. The Morgan fingerprint density at radius 3 is 2.52 bits per heavy atom. The van der Waals surface area contributed by atoms with Gasteiger partial charge in [0.25, 0.3) is 0 Å². The van der Waals surface area contributed by atoms with Crippen molar-refractivity contribution in [2.45, 2.75) is 12.5 Å². The molecule has 0 amide bonds. The summed E-state index contributed by atoms with van der Waals surface area (Å²) in [4.78, 5) is 10.7. The van der Waals surface area contributed by atoms with Crippen LogP contribution in [0.3, 0.4) is 0 Å². The van der Waals surface area contributed by atoms with Crippen molar-refractivity contribution >= 4 is 5.97 Å². The lowest BCUT2D eigenvalue weighted by Gasteiger charge is -2.12. The molecule has 2 aromatic rings. The molecule has 5 nitrogen and oxygen atoms in total. The predicted octanol–water partition coefficient (Wildman–Crippen LogP) is 2.96. The predicted molar refractivity (Wildman–Crippen MR) is 62.9 cm³/mol. The number of benzene rings is 1. The van der Waals surface area contributed by atoms with Gasteiger partial charge >= 0.3 is 12.3 Å². The molecule has 0 bridgehead atoms. The van der Waals surface area contributed by atoms with Crippen molar-refractivity contribution < 1.29 is 37.3 Å². The Kier molecular flexibility index (Phi) is 3.90. The van der Waals surface area contributed by atoms with Crippen LogP contribution in [0.5, 0.6) is 5.75 Å². The highest BCUT2D eigenvalue weighted by atomic mass is 19.4. The van der Waals surface area contributed by atoms with Crippen molar-refractivity contribution in [1.29, 1.82) is 0 Å². The third-order valence-electron chi connectivity index (χ3n) is 2.51. The SMILES string of the molecule is O=C(O)c1ccc(C(O)c2cccc(OC(F)(F)F)c2)o1. The molecule has 0 fully saturated rings. The standard InChI is InChI=1S/C13H9F3O5/c14-13(15,16)21-8-3-1-2-7(6-8)11(17)9-4-5-10(20-9)12(18)19/h1-6,11,17H,(H,18,19). The molecular formula is C13H9F3O5. The number of alkyl halides is 3. The fourth-order valence-electron chi connectivity index (χ4n) is 1.66. The van der Waals surface area contributed by atoms with Crippen LogP contribution in [0.2, 0.25) is 0 Å². The minimum absolute atomic E-state index is 0.0723. The number of carboxylic acid groups (broad SMARTS) is 1. The molecule has 2 N–H and O–H groups in total. The molecular weight excluding hydrogens is 293 g/mol. The topological polar surface area (TPSA) is 79.9 Å². The van der Waals surface area contributed by atoms with Gasteiger partial charge in [-0.3, -0.25) is 0 Å². The Labute approximate surface area is 116 Å². The maximum atomic E-state index is 12.1. The molecule has 0 aliphatic heterocycles. The average molecular weight is 302 g/mol. The van der Waals surface area contributed by atoms with Crippen molar-refractivity contribution in [2.24, 2.45) is 0 Å². The summed E-state index contributed by atoms with van der Waals surface area (Å²) in [7, 11) is 0. The molecule has 8 heteroatoms. The Morgan fingerprint density at radius 2 is 1.95 bits per heavy atom. The maximum Gasteiger partial charge on any atom is 0.573 e. The van der Waals surface area contributed by atoms with Crippen molar-refractivity contribution in [3.8, 4) is 5.75 Å². The number of hydrogen-bond donors (Lipinski definition) is 2. The molecule has 1 aromatic carbocycles. The maximum absolute atomic E-state index is 12.1. The number of hydrogen-bond acceptors (Lipinski definition) is 4. The molecule has 2 rings (SSSR count). The first kappa shape index (κ1) is 14.9. The van der Waals surface area contributed by atoms with Gasteiger partial charge in [-0.05, 0) is 29.8 Å². The molecule has 1 aromatic heterocycles. The van der Waals surface area contributed by atoms with Gasteiger partial charge in [-0.2, -0.15) is 0 Å². The van der Waals surface area contributed by atoms with Crippen LogP contribution in [0.1, 0.15) is 28.0 Å². The number of ether oxygens (including phenoxy) is 1. The Bertz CT molecular complexity index is 647. The highest BCUT2D eigenvalue weighted by molar-refractivity contribution is 5.84. The fourth-order valence-corrected chi connectivity index (χ4v) is 1.66. The molecule has 0 spiro atoms.